The molecule has 96 valence electrons. The fraction of sp³-hybridized carbons (Fsp3) is 0.833. The number of piperidine rings is 2. The third-order valence-electron chi connectivity index (χ3n) is 3.40. The number of carbonyl (C=O) groups excluding carboxylic acids is 2. The van der Waals surface area contributed by atoms with Crippen molar-refractivity contribution in [3.63, 3.8) is 0 Å². The van der Waals surface area contributed by atoms with Gasteiger partial charge < -0.3 is 9.80 Å². The van der Waals surface area contributed by atoms with E-state index >= 15 is 0 Å². The molecule has 4 nitrogen and oxygen atoms in total. The van der Waals surface area contributed by atoms with E-state index in [4.69, 9.17) is 0 Å². The highest BCUT2D eigenvalue weighted by atomic mass is 32.2. The van der Waals surface area contributed by atoms with Gasteiger partial charge in [-0.3, -0.25) is 9.59 Å². The molecule has 0 aromatic heterocycles. The second kappa shape index (κ2) is 6.28. The fourth-order valence-corrected chi connectivity index (χ4v) is 3.13. The van der Waals surface area contributed by atoms with Gasteiger partial charge in [0.15, 0.2) is 0 Å². The van der Waals surface area contributed by atoms with E-state index in [2.05, 4.69) is 0 Å². The van der Waals surface area contributed by atoms with Crippen LogP contribution >= 0.6 is 11.8 Å². The van der Waals surface area contributed by atoms with Crippen LogP contribution in [0.2, 0.25) is 0 Å². The Hall–Kier alpha value is -0.710. The highest BCUT2D eigenvalue weighted by molar-refractivity contribution is 8.25. The smallest absolute Gasteiger partial charge is 0.291 e. The summed E-state index contributed by atoms with van der Waals surface area (Å²) in [4.78, 5) is 27.4. The molecule has 5 heteroatoms. The van der Waals surface area contributed by atoms with E-state index < -0.39 is 0 Å². The summed E-state index contributed by atoms with van der Waals surface area (Å²) in [6.07, 6.45) is 6.70. The minimum Gasteiger partial charge on any atom is -0.333 e. The van der Waals surface area contributed by atoms with Crippen LogP contribution in [0.25, 0.3) is 0 Å². The first-order chi connectivity index (χ1) is 8.27. The highest BCUT2D eigenvalue weighted by Gasteiger charge is 2.24. The van der Waals surface area contributed by atoms with Crippen LogP contribution in [0.15, 0.2) is 0 Å². The maximum atomic E-state index is 11.9. The van der Waals surface area contributed by atoms with Crippen LogP contribution in [-0.4, -0.2) is 46.5 Å². The average molecular weight is 256 g/mol. The quantitative estimate of drug-likeness (QED) is 0.669. The normalized spacial score (nSPS) is 21.4. The lowest BCUT2D eigenvalue weighted by molar-refractivity contribution is 0.206. The number of hydrogen-bond donors (Lipinski definition) is 0. The molecule has 0 bridgehead atoms. The van der Waals surface area contributed by atoms with Gasteiger partial charge in [0.25, 0.3) is 10.5 Å². The Balaban J connectivity index is 1.78. The van der Waals surface area contributed by atoms with Gasteiger partial charge >= 0.3 is 0 Å². The predicted octanol–water partition coefficient (Wildman–Crippen LogP) is 2.93. The van der Waals surface area contributed by atoms with Gasteiger partial charge in [-0.25, -0.2) is 0 Å². The minimum absolute atomic E-state index is 0.0553. The molecule has 0 atom stereocenters. The standard InChI is InChI=1S/C12H20N2O2S/c15-11(13-7-3-1-4-8-13)17-12(16)14-9-5-2-6-10-14/h1-10H2. The van der Waals surface area contributed by atoms with Gasteiger partial charge in [-0.1, -0.05) is 0 Å². The Morgan fingerprint density at radius 3 is 1.35 bits per heavy atom. The molecule has 17 heavy (non-hydrogen) atoms. The fourth-order valence-electron chi connectivity index (χ4n) is 2.36. The van der Waals surface area contributed by atoms with E-state index in [-0.39, 0.29) is 10.5 Å². The van der Waals surface area contributed by atoms with Crippen LogP contribution in [0, 0.1) is 0 Å². The number of hydrogen-bond acceptors (Lipinski definition) is 3. The van der Waals surface area contributed by atoms with Gasteiger partial charge in [0.05, 0.1) is 0 Å². The maximum absolute atomic E-state index is 11.9. The zero-order valence-electron chi connectivity index (χ0n) is 10.2. The molecule has 2 aliphatic heterocycles. The molecule has 2 rings (SSSR count). The van der Waals surface area contributed by atoms with E-state index in [1.165, 1.54) is 12.8 Å². The van der Waals surface area contributed by atoms with Crippen molar-refractivity contribution in [2.75, 3.05) is 26.2 Å². The number of thioether (sulfide) groups is 1. The van der Waals surface area contributed by atoms with Gasteiger partial charge in [-0.05, 0) is 38.5 Å². The molecule has 2 fully saturated rings. The van der Waals surface area contributed by atoms with E-state index in [0.29, 0.717) is 0 Å². The first kappa shape index (κ1) is 12.7. The van der Waals surface area contributed by atoms with Crippen molar-refractivity contribution >= 4 is 22.2 Å². The van der Waals surface area contributed by atoms with Crippen molar-refractivity contribution in [2.45, 2.75) is 38.5 Å². The summed E-state index contributed by atoms with van der Waals surface area (Å²) in [5.74, 6) is 0. The molecule has 0 unspecified atom stereocenters. The van der Waals surface area contributed by atoms with E-state index in [1.807, 2.05) is 9.80 Å². The Bertz CT molecular complexity index is 256. The van der Waals surface area contributed by atoms with Crippen LogP contribution in [0.5, 0.6) is 0 Å². The molecular formula is C12H20N2O2S. The van der Waals surface area contributed by atoms with Gasteiger partial charge in [0.1, 0.15) is 0 Å². The first-order valence-electron chi connectivity index (χ1n) is 6.53. The van der Waals surface area contributed by atoms with Crippen molar-refractivity contribution in [3.8, 4) is 0 Å². The van der Waals surface area contributed by atoms with Gasteiger partial charge in [-0.2, -0.15) is 0 Å². The molecular weight excluding hydrogens is 236 g/mol. The highest BCUT2D eigenvalue weighted by Crippen LogP contribution is 2.20. The minimum atomic E-state index is -0.0553. The molecule has 0 saturated carbocycles. The van der Waals surface area contributed by atoms with Crippen LogP contribution in [0.1, 0.15) is 38.5 Å². The van der Waals surface area contributed by atoms with Crippen molar-refractivity contribution in [1.82, 2.24) is 9.80 Å². The van der Waals surface area contributed by atoms with Crippen LogP contribution in [0.4, 0.5) is 9.59 Å². The molecule has 2 heterocycles. The van der Waals surface area contributed by atoms with E-state index in [9.17, 15) is 9.59 Å². The third kappa shape index (κ3) is 3.63. The monoisotopic (exact) mass is 256 g/mol. The molecule has 2 saturated heterocycles. The topological polar surface area (TPSA) is 40.6 Å². The SMILES string of the molecule is O=C(SC(=O)N1CCCCC1)N1CCCCC1. The first-order valence-corrected chi connectivity index (χ1v) is 7.35. The number of likely N-dealkylation sites (tertiary alicyclic amines) is 2. The second-order valence-corrected chi connectivity index (χ2v) is 5.63. The van der Waals surface area contributed by atoms with E-state index in [0.717, 1.165) is 63.6 Å². The number of carbonyl (C=O) groups is 2. The predicted molar refractivity (Wildman–Crippen MR) is 69.2 cm³/mol. The van der Waals surface area contributed by atoms with Crippen molar-refractivity contribution in [3.05, 3.63) is 0 Å². The molecule has 0 aliphatic carbocycles. The summed E-state index contributed by atoms with van der Waals surface area (Å²) < 4.78 is 0. The van der Waals surface area contributed by atoms with E-state index in [1.54, 1.807) is 0 Å². The summed E-state index contributed by atoms with van der Waals surface area (Å²) in [5, 5.41) is -0.111. The zero-order valence-corrected chi connectivity index (χ0v) is 11.0. The molecule has 0 radical (unpaired) electrons. The second-order valence-electron chi connectivity index (χ2n) is 4.73. The molecule has 0 aromatic carbocycles. The van der Waals surface area contributed by atoms with Crippen LogP contribution in [-0.2, 0) is 0 Å². The van der Waals surface area contributed by atoms with Crippen molar-refractivity contribution in [2.24, 2.45) is 0 Å². The van der Waals surface area contributed by atoms with Gasteiger partial charge in [-0.15, -0.1) is 0 Å². The summed E-state index contributed by atoms with van der Waals surface area (Å²) in [7, 11) is 0. The number of rotatable bonds is 0. The third-order valence-corrected chi connectivity index (χ3v) is 4.27. The number of amides is 2. The maximum Gasteiger partial charge on any atom is 0.291 e. The largest absolute Gasteiger partial charge is 0.333 e. The number of nitrogens with zero attached hydrogens (tertiary/aromatic N) is 2. The Morgan fingerprint density at radius 2 is 1.00 bits per heavy atom. The zero-order chi connectivity index (χ0) is 12.1. The molecule has 2 aliphatic rings. The molecule has 0 aromatic rings. The molecule has 0 spiro atoms. The molecule has 2 amide bonds. The Kier molecular flexibility index (Phi) is 4.71. The van der Waals surface area contributed by atoms with Crippen LogP contribution < -0.4 is 0 Å². The summed E-state index contributed by atoms with van der Waals surface area (Å²) in [6, 6.07) is 0. The molecule has 0 N–H and O–H groups in total. The summed E-state index contributed by atoms with van der Waals surface area (Å²) >= 11 is 0.887. The Labute approximate surface area is 107 Å². The summed E-state index contributed by atoms with van der Waals surface area (Å²) in [5.41, 5.74) is 0. The van der Waals surface area contributed by atoms with Crippen LogP contribution in [0.3, 0.4) is 0 Å². The lowest BCUT2D eigenvalue weighted by Crippen LogP contribution is -2.37. The Morgan fingerprint density at radius 1 is 0.647 bits per heavy atom. The van der Waals surface area contributed by atoms with Crippen molar-refractivity contribution < 1.29 is 9.59 Å². The summed E-state index contributed by atoms with van der Waals surface area (Å²) in [6.45, 7) is 3.27. The van der Waals surface area contributed by atoms with Gasteiger partial charge in [0, 0.05) is 37.9 Å². The lowest BCUT2D eigenvalue weighted by atomic mass is 10.1. The van der Waals surface area contributed by atoms with Crippen molar-refractivity contribution in [1.29, 1.82) is 0 Å². The lowest BCUT2D eigenvalue weighted by Gasteiger charge is -2.29. The van der Waals surface area contributed by atoms with Gasteiger partial charge in [0.2, 0.25) is 0 Å². The average Bonchev–Trinajstić information content (AvgIpc) is 2.40.